The predicted molar refractivity (Wildman–Crippen MR) is 89.6 cm³/mol. The van der Waals surface area contributed by atoms with Gasteiger partial charge in [-0.05, 0) is 24.3 Å². The SMILES string of the molecule is O=C1NC2(CCN(C(=O)c3cccnc3)CC2)Nc2ccccc21. The molecule has 2 aromatic rings. The van der Waals surface area contributed by atoms with E-state index in [0.717, 1.165) is 5.69 Å². The van der Waals surface area contributed by atoms with Crippen molar-refractivity contribution < 1.29 is 9.59 Å². The molecule has 0 bridgehead atoms. The lowest BCUT2D eigenvalue weighted by atomic mass is 9.92. The van der Waals surface area contributed by atoms with Crippen molar-refractivity contribution in [1.29, 1.82) is 0 Å². The fourth-order valence-corrected chi connectivity index (χ4v) is 3.38. The van der Waals surface area contributed by atoms with Gasteiger partial charge < -0.3 is 15.5 Å². The van der Waals surface area contributed by atoms with Crippen LogP contribution in [0.3, 0.4) is 0 Å². The third kappa shape index (κ3) is 2.50. The number of anilines is 1. The van der Waals surface area contributed by atoms with Gasteiger partial charge in [-0.15, -0.1) is 0 Å². The molecular weight excluding hydrogens is 304 g/mol. The average Bonchev–Trinajstić information content (AvgIpc) is 2.62. The molecule has 122 valence electrons. The van der Waals surface area contributed by atoms with E-state index in [1.807, 2.05) is 29.2 Å². The summed E-state index contributed by atoms with van der Waals surface area (Å²) in [7, 11) is 0. The van der Waals surface area contributed by atoms with Gasteiger partial charge in [0.1, 0.15) is 5.66 Å². The van der Waals surface area contributed by atoms with Crippen LogP contribution in [0.5, 0.6) is 0 Å². The van der Waals surface area contributed by atoms with Gasteiger partial charge >= 0.3 is 0 Å². The Morgan fingerprint density at radius 2 is 1.88 bits per heavy atom. The van der Waals surface area contributed by atoms with Gasteiger partial charge in [0, 0.05) is 44.0 Å². The van der Waals surface area contributed by atoms with E-state index in [2.05, 4.69) is 15.6 Å². The van der Waals surface area contributed by atoms with Crippen LogP contribution in [0.2, 0.25) is 0 Å². The molecular formula is C18H18N4O2. The summed E-state index contributed by atoms with van der Waals surface area (Å²) < 4.78 is 0. The van der Waals surface area contributed by atoms with Crippen molar-refractivity contribution in [2.45, 2.75) is 18.5 Å². The number of hydrogen-bond donors (Lipinski definition) is 2. The van der Waals surface area contributed by atoms with Crippen LogP contribution < -0.4 is 10.6 Å². The van der Waals surface area contributed by atoms with Crippen molar-refractivity contribution in [2.75, 3.05) is 18.4 Å². The molecule has 1 spiro atoms. The van der Waals surface area contributed by atoms with Gasteiger partial charge in [0.05, 0.1) is 11.1 Å². The molecule has 6 nitrogen and oxygen atoms in total. The maximum Gasteiger partial charge on any atom is 0.255 e. The zero-order chi connectivity index (χ0) is 16.6. The number of para-hydroxylation sites is 1. The standard InChI is InChI=1S/C18H18N4O2/c23-16-14-5-1-2-6-15(14)20-18(21-16)7-10-22(11-8-18)17(24)13-4-3-9-19-12-13/h1-6,9,12,20H,7-8,10-11H2,(H,21,23). The first-order valence-electron chi connectivity index (χ1n) is 8.06. The number of benzene rings is 1. The molecule has 0 atom stereocenters. The molecule has 1 saturated heterocycles. The normalized spacial score (nSPS) is 18.5. The molecule has 0 radical (unpaired) electrons. The van der Waals surface area contributed by atoms with Gasteiger partial charge in [-0.25, -0.2) is 0 Å². The van der Waals surface area contributed by atoms with Crippen LogP contribution in [0.25, 0.3) is 0 Å². The largest absolute Gasteiger partial charge is 0.362 e. The van der Waals surface area contributed by atoms with Crippen molar-refractivity contribution in [3.05, 3.63) is 59.9 Å². The molecule has 1 fully saturated rings. The van der Waals surface area contributed by atoms with Crippen LogP contribution in [0.4, 0.5) is 5.69 Å². The lowest BCUT2D eigenvalue weighted by molar-refractivity contribution is 0.0639. The number of amides is 2. The summed E-state index contributed by atoms with van der Waals surface area (Å²) in [6.45, 7) is 1.17. The molecule has 0 saturated carbocycles. The lowest BCUT2D eigenvalue weighted by Gasteiger charge is -2.45. The first-order chi connectivity index (χ1) is 11.7. The van der Waals surface area contributed by atoms with Crippen LogP contribution in [0.15, 0.2) is 48.8 Å². The second-order valence-corrected chi connectivity index (χ2v) is 6.24. The summed E-state index contributed by atoms with van der Waals surface area (Å²) in [4.78, 5) is 30.7. The van der Waals surface area contributed by atoms with Gasteiger partial charge in [-0.2, -0.15) is 0 Å². The number of nitrogens with one attached hydrogen (secondary N) is 2. The Balaban J connectivity index is 1.49. The average molecular weight is 322 g/mol. The quantitative estimate of drug-likeness (QED) is 0.840. The zero-order valence-electron chi connectivity index (χ0n) is 13.2. The Labute approximate surface area is 139 Å². The van der Waals surface area contributed by atoms with E-state index in [4.69, 9.17) is 0 Å². The smallest absolute Gasteiger partial charge is 0.255 e. The summed E-state index contributed by atoms with van der Waals surface area (Å²) in [5, 5.41) is 6.55. The molecule has 0 aliphatic carbocycles. The molecule has 2 N–H and O–H groups in total. The topological polar surface area (TPSA) is 74.3 Å². The summed E-state index contributed by atoms with van der Waals surface area (Å²) >= 11 is 0. The highest BCUT2D eigenvalue weighted by Gasteiger charge is 2.40. The summed E-state index contributed by atoms with van der Waals surface area (Å²) in [5.41, 5.74) is 1.64. The number of aromatic nitrogens is 1. The van der Waals surface area contributed by atoms with Gasteiger partial charge in [0.2, 0.25) is 0 Å². The number of hydrogen-bond acceptors (Lipinski definition) is 4. The van der Waals surface area contributed by atoms with Crippen LogP contribution in [-0.2, 0) is 0 Å². The van der Waals surface area contributed by atoms with Gasteiger partial charge in [-0.1, -0.05) is 12.1 Å². The molecule has 0 unspecified atom stereocenters. The van der Waals surface area contributed by atoms with Crippen molar-refractivity contribution >= 4 is 17.5 Å². The maximum absolute atomic E-state index is 12.5. The third-order valence-electron chi connectivity index (χ3n) is 4.71. The van der Waals surface area contributed by atoms with Crippen molar-refractivity contribution in [1.82, 2.24) is 15.2 Å². The van der Waals surface area contributed by atoms with E-state index in [-0.39, 0.29) is 11.8 Å². The first kappa shape index (κ1) is 14.7. The molecule has 1 aromatic carbocycles. The summed E-state index contributed by atoms with van der Waals surface area (Å²) in [5.74, 6) is -0.0723. The Hall–Kier alpha value is -2.89. The zero-order valence-corrected chi connectivity index (χ0v) is 13.2. The van der Waals surface area contributed by atoms with E-state index in [1.165, 1.54) is 0 Å². The number of fused-ring (bicyclic) bond motifs is 1. The monoisotopic (exact) mass is 322 g/mol. The second-order valence-electron chi connectivity index (χ2n) is 6.24. The van der Waals surface area contributed by atoms with Crippen LogP contribution in [0, 0.1) is 0 Å². The number of carbonyl (C=O) groups excluding carboxylic acids is 2. The van der Waals surface area contributed by atoms with E-state index >= 15 is 0 Å². The van der Waals surface area contributed by atoms with Gasteiger partial charge in [0.25, 0.3) is 11.8 Å². The molecule has 2 aliphatic heterocycles. The Bertz CT molecular complexity index is 783. The fraction of sp³-hybridized carbons (Fsp3) is 0.278. The third-order valence-corrected chi connectivity index (χ3v) is 4.71. The lowest BCUT2D eigenvalue weighted by Crippen LogP contribution is -2.62. The minimum atomic E-state index is -0.475. The number of likely N-dealkylation sites (tertiary alicyclic amines) is 1. The maximum atomic E-state index is 12.5. The number of carbonyl (C=O) groups is 2. The van der Waals surface area contributed by atoms with Crippen LogP contribution in [0.1, 0.15) is 33.6 Å². The van der Waals surface area contributed by atoms with Gasteiger partial charge in [0.15, 0.2) is 0 Å². The van der Waals surface area contributed by atoms with E-state index < -0.39 is 5.66 Å². The van der Waals surface area contributed by atoms with E-state index in [0.29, 0.717) is 37.1 Å². The molecule has 24 heavy (non-hydrogen) atoms. The molecule has 6 heteroatoms. The number of piperidine rings is 1. The summed E-state index contributed by atoms with van der Waals surface area (Å²) in [6, 6.07) is 11.0. The minimum absolute atomic E-state index is 0.0134. The Kier molecular flexibility index (Phi) is 3.45. The molecule has 4 rings (SSSR count). The Morgan fingerprint density at radius 1 is 1.08 bits per heavy atom. The highest BCUT2D eigenvalue weighted by molar-refractivity contribution is 6.02. The fourth-order valence-electron chi connectivity index (χ4n) is 3.38. The number of rotatable bonds is 1. The summed E-state index contributed by atoms with van der Waals surface area (Å²) in [6.07, 6.45) is 4.57. The number of nitrogens with zero attached hydrogens (tertiary/aromatic N) is 2. The minimum Gasteiger partial charge on any atom is -0.362 e. The highest BCUT2D eigenvalue weighted by Crippen LogP contribution is 2.31. The number of pyridine rings is 1. The van der Waals surface area contributed by atoms with Crippen LogP contribution >= 0.6 is 0 Å². The van der Waals surface area contributed by atoms with Crippen LogP contribution in [-0.4, -0.2) is 40.5 Å². The first-order valence-corrected chi connectivity index (χ1v) is 8.06. The molecule has 2 amide bonds. The predicted octanol–water partition coefficient (Wildman–Crippen LogP) is 1.87. The van der Waals surface area contributed by atoms with Crippen molar-refractivity contribution in [2.24, 2.45) is 0 Å². The Morgan fingerprint density at radius 3 is 2.62 bits per heavy atom. The molecule has 1 aromatic heterocycles. The molecule has 2 aliphatic rings. The van der Waals surface area contributed by atoms with Gasteiger partial charge in [-0.3, -0.25) is 14.6 Å². The second kappa shape index (κ2) is 5.63. The highest BCUT2D eigenvalue weighted by atomic mass is 16.2. The van der Waals surface area contributed by atoms with Crippen molar-refractivity contribution in [3.63, 3.8) is 0 Å². The van der Waals surface area contributed by atoms with Crippen molar-refractivity contribution in [3.8, 4) is 0 Å². The van der Waals surface area contributed by atoms with E-state index in [9.17, 15) is 9.59 Å². The molecule has 3 heterocycles. The van der Waals surface area contributed by atoms with E-state index in [1.54, 1.807) is 24.5 Å².